The van der Waals surface area contributed by atoms with Crippen molar-refractivity contribution in [3.8, 4) is 17.3 Å². The number of fused-ring (bicyclic) bond motifs is 1. The molecule has 4 aromatic rings. The van der Waals surface area contributed by atoms with E-state index in [-0.39, 0.29) is 22.7 Å². The lowest BCUT2D eigenvalue weighted by Gasteiger charge is -2.45. The number of aromatic amines is 1. The number of nitrogens with one attached hydrogen (secondary N) is 1. The molecular formula is C27H29FN10O. The molecule has 2 aliphatic heterocycles. The van der Waals surface area contributed by atoms with Gasteiger partial charge < -0.3 is 9.80 Å². The molecule has 39 heavy (non-hydrogen) atoms. The third-order valence-corrected chi connectivity index (χ3v) is 8.29. The van der Waals surface area contributed by atoms with Crippen molar-refractivity contribution in [2.75, 3.05) is 26.2 Å². The van der Waals surface area contributed by atoms with Crippen LogP contribution in [0.3, 0.4) is 0 Å². The van der Waals surface area contributed by atoms with Gasteiger partial charge in [-0.3, -0.25) is 19.6 Å². The molecule has 4 aromatic heterocycles. The van der Waals surface area contributed by atoms with Crippen LogP contribution >= 0.6 is 0 Å². The van der Waals surface area contributed by atoms with Crippen LogP contribution < -0.4 is 0 Å². The van der Waals surface area contributed by atoms with Crippen LogP contribution in [-0.4, -0.2) is 82.9 Å². The lowest BCUT2D eigenvalue weighted by Crippen LogP contribution is -2.52. The van der Waals surface area contributed by atoms with Crippen LogP contribution in [0.5, 0.6) is 0 Å². The maximum atomic E-state index is 14.4. The molecule has 6 rings (SSSR count). The summed E-state index contributed by atoms with van der Waals surface area (Å²) in [5, 5.41) is 22.2. The molecule has 200 valence electrons. The van der Waals surface area contributed by atoms with Crippen LogP contribution in [0.15, 0.2) is 37.2 Å². The summed E-state index contributed by atoms with van der Waals surface area (Å²) < 4.78 is 16.4. The molecule has 2 saturated heterocycles. The van der Waals surface area contributed by atoms with E-state index < -0.39 is 5.82 Å². The van der Waals surface area contributed by atoms with E-state index in [0.717, 1.165) is 55.4 Å². The Morgan fingerprint density at radius 1 is 1.18 bits per heavy atom. The number of hydrogen-bond acceptors (Lipinski definition) is 8. The van der Waals surface area contributed by atoms with Crippen molar-refractivity contribution in [2.45, 2.75) is 50.6 Å². The molecule has 0 spiro atoms. The zero-order chi connectivity index (χ0) is 27.0. The Morgan fingerprint density at radius 2 is 1.97 bits per heavy atom. The van der Waals surface area contributed by atoms with Crippen molar-refractivity contribution in [3.63, 3.8) is 0 Å². The SMILES string of the molecule is Cc1nccc(C(=O)N2CCC(N3CCC(CC#N)(n4cc(-c5ncnc6[nH]ncc56)cn4)CC3)CC2)c1F. The fraction of sp³-hybridized carbons (Fsp3) is 0.444. The second-order valence-corrected chi connectivity index (χ2v) is 10.4. The zero-order valence-corrected chi connectivity index (χ0v) is 21.7. The number of aryl methyl sites for hydroxylation is 1. The highest BCUT2D eigenvalue weighted by Crippen LogP contribution is 2.36. The fourth-order valence-corrected chi connectivity index (χ4v) is 5.96. The van der Waals surface area contributed by atoms with E-state index in [9.17, 15) is 14.4 Å². The predicted molar refractivity (Wildman–Crippen MR) is 140 cm³/mol. The predicted octanol–water partition coefficient (Wildman–Crippen LogP) is 3.07. The van der Waals surface area contributed by atoms with Gasteiger partial charge in [0.2, 0.25) is 0 Å². The van der Waals surface area contributed by atoms with E-state index in [1.54, 1.807) is 24.2 Å². The summed E-state index contributed by atoms with van der Waals surface area (Å²) in [6.45, 7) is 4.43. The number of nitriles is 1. The Labute approximate surface area is 224 Å². The van der Waals surface area contributed by atoms with Gasteiger partial charge in [-0.2, -0.15) is 15.5 Å². The minimum Gasteiger partial charge on any atom is -0.338 e. The molecule has 0 aliphatic carbocycles. The standard InChI is InChI=1S/C27H29FN10O/c1-18-23(28)21(2-9-30-18)26(39)37-10-3-20(4-11-37)36-12-6-27(5-8-29,7-13-36)38-16-19(14-34-38)24-22-15-33-35-25(22)32-17-31-24/h2,9,14-17,20H,3-7,10-13H2,1H3,(H,31,32,33,35). The van der Waals surface area contributed by atoms with Gasteiger partial charge >= 0.3 is 0 Å². The first-order chi connectivity index (χ1) is 19.0. The highest BCUT2D eigenvalue weighted by Gasteiger charge is 2.40. The lowest BCUT2D eigenvalue weighted by molar-refractivity contribution is 0.0389. The van der Waals surface area contributed by atoms with Gasteiger partial charge in [0.1, 0.15) is 6.33 Å². The number of pyridine rings is 1. The van der Waals surface area contributed by atoms with Gasteiger partial charge in [-0.15, -0.1) is 0 Å². The number of carbonyl (C=O) groups excluding carboxylic acids is 1. The first kappa shape index (κ1) is 25.1. The molecule has 0 bridgehead atoms. The number of nitrogens with zero attached hydrogens (tertiary/aromatic N) is 9. The summed E-state index contributed by atoms with van der Waals surface area (Å²) in [4.78, 5) is 29.7. The smallest absolute Gasteiger partial charge is 0.256 e. The van der Waals surface area contributed by atoms with Crippen molar-refractivity contribution < 1.29 is 9.18 Å². The number of hydrogen-bond donors (Lipinski definition) is 1. The number of carbonyl (C=O) groups is 1. The van der Waals surface area contributed by atoms with Gasteiger partial charge in [-0.25, -0.2) is 14.4 Å². The van der Waals surface area contributed by atoms with Gasteiger partial charge in [0, 0.05) is 50.2 Å². The highest BCUT2D eigenvalue weighted by atomic mass is 19.1. The summed E-state index contributed by atoms with van der Waals surface area (Å²) in [6, 6.07) is 4.20. The van der Waals surface area contributed by atoms with Crippen molar-refractivity contribution >= 4 is 16.9 Å². The van der Waals surface area contributed by atoms with Gasteiger partial charge in [0.25, 0.3) is 5.91 Å². The van der Waals surface area contributed by atoms with Gasteiger partial charge in [0.05, 0.1) is 52.8 Å². The van der Waals surface area contributed by atoms with E-state index >= 15 is 0 Å². The van der Waals surface area contributed by atoms with Gasteiger partial charge in [-0.1, -0.05) is 0 Å². The quantitative estimate of drug-likeness (QED) is 0.418. The summed E-state index contributed by atoms with van der Waals surface area (Å²) in [5.74, 6) is -0.806. The molecule has 0 radical (unpaired) electrons. The topological polar surface area (TPSA) is 133 Å². The molecule has 1 N–H and O–H groups in total. The number of rotatable bonds is 5. The molecule has 1 amide bonds. The van der Waals surface area contributed by atoms with E-state index in [0.29, 0.717) is 31.2 Å². The molecule has 2 aliphatic rings. The Bertz CT molecular complexity index is 1540. The average molecular weight is 529 g/mol. The Kier molecular flexibility index (Phi) is 6.52. The minimum absolute atomic E-state index is 0.0919. The summed E-state index contributed by atoms with van der Waals surface area (Å²) >= 11 is 0. The molecule has 0 aromatic carbocycles. The third-order valence-electron chi connectivity index (χ3n) is 8.29. The summed E-state index contributed by atoms with van der Waals surface area (Å²) in [7, 11) is 0. The highest BCUT2D eigenvalue weighted by molar-refractivity contribution is 5.94. The number of likely N-dealkylation sites (tertiary alicyclic amines) is 2. The second-order valence-electron chi connectivity index (χ2n) is 10.4. The van der Waals surface area contributed by atoms with Crippen molar-refractivity contribution in [1.82, 2.24) is 44.7 Å². The monoisotopic (exact) mass is 528 g/mol. The van der Waals surface area contributed by atoms with E-state index in [1.165, 1.54) is 18.6 Å². The zero-order valence-electron chi connectivity index (χ0n) is 21.7. The number of piperidine rings is 2. The van der Waals surface area contributed by atoms with Crippen molar-refractivity contribution in [1.29, 1.82) is 5.26 Å². The van der Waals surface area contributed by atoms with Crippen molar-refractivity contribution in [2.24, 2.45) is 0 Å². The van der Waals surface area contributed by atoms with Crippen LogP contribution in [-0.2, 0) is 5.54 Å². The van der Waals surface area contributed by atoms with Crippen LogP contribution in [0.2, 0.25) is 0 Å². The maximum absolute atomic E-state index is 14.4. The van der Waals surface area contributed by atoms with Crippen LogP contribution in [0.25, 0.3) is 22.3 Å². The van der Waals surface area contributed by atoms with Crippen LogP contribution in [0, 0.1) is 24.1 Å². The van der Waals surface area contributed by atoms with Gasteiger partial charge in [-0.05, 0) is 38.7 Å². The Hall–Kier alpha value is -4.24. The number of halogens is 1. The lowest BCUT2D eigenvalue weighted by atomic mass is 9.83. The second kappa shape index (κ2) is 10.1. The maximum Gasteiger partial charge on any atom is 0.256 e. The van der Waals surface area contributed by atoms with E-state index in [2.05, 4.69) is 41.2 Å². The van der Waals surface area contributed by atoms with E-state index in [4.69, 9.17) is 0 Å². The largest absolute Gasteiger partial charge is 0.338 e. The Morgan fingerprint density at radius 3 is 2.74 bits per heavy atom. The number of aromatic nitrogens is 7. The first-order valence-corrected chi connectivity index (χ1v) is 13.2. The molecule has 11 nitrogen and oxygen atoms in total. The molecule has 0 saturated carbocycles. The number of H-pyrrole nitrogens is 1. The first-order valence-electron chi connectivity index (χ1n) is 13.2. The molecule has 6 heterocycles. The molecule has 0 unspecified atom stereocenters. The minimum atomic E-state index is -0.537. The van der Waals surface area contributed by atoms with Crippen LogP contribution in [0.4, 0.5) is 4.39 Å². The van der Waals surface area contributed by atoms with Crippen LogP contribution in [0.1, 0.15) is 48.2 Å². The normalized spacial score (nSPS) is 18.3. The van der Waals surface area contributed by atoms with Gasteiger partial charge in [0.15, 0.2) is 11.5 Å². The summed E-state index contributed by atoms with van der Waals surface area (Å²) in [6.07, 6.45) is 12.1. The van der Waals surface area contributed by atoms with Crippen molar-refractivity contribution in [3.05, 3.63) is 54.3 Å². The number of amides is 1. The van der Waals surface area contributed by atoms with E-state index in [1.807, 2.05) is 10.9 Å². The fourth-order valence-electron chi connectivity index (χ4n) is 5.96. The molecule has 12 heteroatoms. The Balaban J connectivity index is 1.11. The molecule has 2 fully saturated rings. The average Bonchev–Trinajstić information content (AvgIpc) is 3.66. The molecule has 0 atom stereocenters. The third kappa shape index (κ3) is 4.52. The summed E-state index contributed by atoms with van der Waals surface area (Å²) in [5.41, 5.74) is 2.23. The molecular weight excluding hydrogens is 499 g/mol.